The molecule has 9 heteroatoms. The minimum atomic E-state index is -0.509. The van der Waals surface area contributed by atoms with Crippen molar-refractivity contribution in [3.63, 3.8) is 0 Å². The maximum absolute atomic E-state index is 12.5. The van der Waals surface area contributed by atoms with E-state index in [1.807, 2.05) is 19.1 Å². The number of hydrogen-bond donors (Lipinski definition) is 1. The van der Waals surface area contributed by atoms with Gasteiger partial charge in [0, 0.05) is 10.0 Å². The van der Waals surface area contributed by atoms with Gasteiger partial charge in [-0.15, -0.1) is 0 Å². The number of halogens is 3. The van der Waals surface area contributed by atoms with Gasteiger partial charge in [-0.3, -0.25) is 4.79 Å². The van der Waals surface area contributed by atoms with Gasteiger partial charge in [-0.2, -0.15) is 5.10 Å². The number of amides is 1. The Kier molecular flexibility index (Phi) is 8.27. The molecule has 0 unspecified atom stereocenters. The molecular formula is C23H17BrCl2N2O4. The lowest BCUT2D eigenvalue weighted by molar-refractivity contribution is -0.123. The van der Waals surface area contributed by atoms with Crippen molar-refractivity contribution in [1.82, 2.24) is 5.43 Å². The smallest absolute Gasteiger partial charge is 0.343 e. The summed E-state index contributed by atoms with van der Waals surface area (Å²) in [5, 5.41) is 4.46. The van der Waals surface area contributed by atoms with E-state index < -0.39 is 11.9 Å². The minimum Gasteiger partial charge on any atom is -0.482 e. The molecule has 164 valence electrons. The van der Waals surface area contributed by atoms with E-state index in [0.717, 1.165) is 10.0 Å². The van der Waals surface area contributed by atoms with E-state index in [9.17, 15) is 9.59 Å². The number of nitrogens with one attached hydrogen (secondary N) is 1. The van der Waals surface area contributed by atoms with Gasteiger partial charge in [0.1, 0.15) is 16.5 Å². The molecule has 0 bridgehead atoms. The third-order valence-electron chi connectivity index (χ3n) is 4.21. The van der Waals surface area contributed by atoms with Crippen LogP contribution in [0.15, 0.2) is 70.2 Å². The van der Waals surface area contributed by atoms with Gasteiger partial charge in [0.05, 0.1) is 16.8 Å². The fraction of sp³-hybridized carbons (Fsp3) is 0.0870. The van der Waals surface area contributed by atoms with Crippen LogP contribution in [0.4, 0.5) is 0 Å². The van der Waals surface area contributed by atoms with Gasteiger partial charge < -0.3 is 9.47 Å². The summed E-state index contributed by atoms with van der Waals surface area (Å²) < 4.78 is 11.6. The lowest BCUT2D eigenvalue weighted by Crippen LogP contribution is -2.24. The van der Waals surface area contributed by atoms with Crippen LogP contribution in [0.5, 0.6) is 11.5 Å². The number of carbonyl (C=O) groups is 2. The van der Waals surface area contributed by atoms with Crippen molar-refractivity contribution in [2.75, 3.05) is 6.61 Å². The van der Waals surface area contributed by atoms with Gasteiger partial charge in [-0.1, -0.05) is 63.4 Å². The molecule has 0 aliphatic rings. The van der Waals surface area contributed by atoms with Gasteiger partial charge in [0.15, 0.2) is 6.61 Å². The number of benzene rings is 3. The third kappa shape index (κ3) is 6.32. The largest absolute Gasteiger partial charge is 0.482 e. The van der Waals surface area contributed by atoms with Crippen molar-refractivity contribution in [3.05, 3.63) is 91.9 Å². The number of nitrogens with zero attached hydrogens (tertiary/aromatic N) is 1. The molecule has 0 fully saturated rings. The first kappa shape index (κ1) is 23.8. The molecule has 0 aliphatic heterocycles. The van der Waals surface area contributed by atoms with Crippen molar-refractivity contribution in [2.45, 2.75) is 6.92 Å². The van der Waals surface area contributed by atoms with E-state index in [0.29, 0.717) is 21.9 Å². The first-order chi connectivity index (χ1) is 15.3. The summed E-state index contributed by atoms with van der Waals surface area (Å²) in [7, 11) is 0. The molecule has 0 spiro atoms. The van der Waals surface area contributed by atoms with E-state index in [1.54, 1.807) is 48.5 Å². The van der Waals surface area contributed by atoms with Crippen molar-refractivity contribution >= 4 is 57.2 Å². The van der Waals surface area contributed by atoms with E-state index in [4.69, 9.17) is 32.7 Å². The highest BCUT2D eigenvalue weighted by Gasteiger charge is 2.14. The molecule has 0 saturated carbocycles. The molecule has 0 aromatic heterocycles. The molecule has 3 rings (SSSR count). The topological polar surface area (TPSA) is 77.0 Å². The monoisotopic (exact) mass is 534 g/mol. The number of hydrogen-bond acceptors (Lipinski definition) is 5. The number of hydrazone groups is 1. The molecule has 0 heterocycles. The average molecular weight is 536 g/mol. The Labute approximate surface area is 203 Å². The Hall–Kier alpha value is -2.87. The Morgan fingerprint density at radius 2 is 1.84 bits per heavy atom. The molecular weight excluding hydrogens is 519 g/mol. The van der Waals surface area contributed by atoms with Crippen LogP contribution in [0.1, 0.15) is 21.5 Å². The predicted molar refractivity (Wildman–Crippen MR) is 128 cm³/mol. The Morgan fingerprint density at radius 3 is 2.62 bits per heavy atom. The van der Waals surface area contributed by atoms with Crippen LogP contribution >= 0.6 is 39.1 Å². The van der Waals surface area contributed by atoms with Crippen LogP contribution in [0.25, 0.3) is 0 Å². The Morgan fingerprint density at radius 1 is 1.06 bits per heavy atom. The molecule has 0 atom stereocenters. The highest BCUT2D eigenvalue weighted by atomic mass is 79.9. The minimum absolute atomic E-state index is 0.222. The maximum atomic E-state index is 12.5. The van der Waals surface area contributed by atoms with Gasteiger partial charge in [-0.25, -0.2) is 10.2 Å². The molecule has 3 aromatic rings. The van der Waals surface area contributed by atoms with Crippen LogP contribution in [0, 0.1) is 6.92 Å². The second-order valence-electron chi connectivity index (χ2n) is 6.52. The Balaban J connectivity index is 1.64. The molecule has 3 aromatic carbocycles. The van der Waals surface area contributed by atoms with Crippen molar-refractivity contribution in [1.29, 1.82) is 0 Å². The second kappa shape index (κ2) is 11.1. The third-order valence-corrected chi connectivity index (χ3v) is 5.50. The summed E-state index contributed by atoms with van der Waals surface area (Å²) in [5.41, 5.74) is 4.10. The summed E-state index contributed by atoms with van der Waals surface area (Å²) in [6.45, 7) is 1.51. The number of rotatable bonds is 7. The second-order valence-corrected chi connectivity index (χ2v) is 8.22. The lowest BCUT2D eigenvalue weighted by Gasteiger charge is -2.10. The van der Waals surface area contributed by atoms with Crippen molar-refractivity contribution < 1.29 is 19.1 Å². The first-order valence-electron chi connectivity index (χ1n) is 9.31. The molecule has 1 amide bonds. The van der Waals surface area contributed by atoms with Gasteiger partial charge in [0.25, 0.3) is 5.91 Å². The van der Waals surface area contributed by atoms with Crippen LogP contribution in [0.2, 0.25) is 10.0 Å². The summed E-state index contributed by atoms with van der Waals surface area (Å²) in [6, 6.07) is 17.1. The fourth-order valence-electron chi connectivity index (χ4n) is 2.61. The zero-order chi connectivity index (χ0) is 23.1. The molecule has 1 N–H and O–H groups in total. The zero-order valence-corrected chi connectivity index (χ0v) is 19.9. The van der Waals surface area contributed by atoms with E-state index >= 15 is 0 Å². The van der Waals surface area contributed by atoms with Gasteiger partial charge in [0.2, 0.25) is 0 Å². The molecule has 32 heavy (non-hydrogen) atoms. The van der Waals surface area contributed by atoms with Crippen LogP contribution in [-0.4, -0.2) is 24.7 Å². The number of aryl methyl sites for hydroxylation is 1. The molecule has 0 aliphatic carbocycles. The maximum Gasteiger partial charge on any atom is 0.343 e. The van der Waals surface area contributed by atoms with Crippen LogP contribution in [0.3, 0.4) is 0 Å². The summed E-state index contributed by atoms with van der Waals surface area (Å²) in [4.78, 5) is 24.6. The first-order valence-corrected chi connectivity index (χ1v) is 10.9. The predicted octanol–water partition coefficient (Wildman–Crippen LogP) is 5.81. The summed E-state index contributed by atoms with van der Waals surface area (Å²) >= 11 is 15.3. The summed E-state index contributed by atoms with van der Waals surface area (Å²) in [6.07, 6.45) is 1.37. The van der Waals surface area contributed by atoms with Crippen LogP contribution < -0.4 is 14.9 Å². The molecule has 6 nitrogen and oxygen atoms in total. The van der Waals surface area contributed by atoms with Crippen molar-refractivity contribution in [2.24, 2.45) is 5.10 Å². The Bertz CT molecular complexity index is 1180. The highest BCUT2D eigenvalue weighted by Crippen LogP contribution is 2.31. The van der Waals surface area contributed by atoms with E-state index in [2.05, 4.69) is 26.5 Å². The normalized spacial score (nSPS) is 10.8. The van der Waals surface area contributed by atoms with Gasteiger partial charge >= 0.3 is 5.97 Å². The average Bonchev–Trinajstić information content (AvgIpc) is 2.76. The van der Waals surface area contributed by atoms with Gasteiger partial charge in [-0.05, 0) is 48.9 Å². The lowest BCUT2D eigenvalue weighted by atomic mass is 10.1. The fourth-order valence-corrected chi connectivity index (χ4v) is 3.34. The summed E-state index contributed by atoms with van der Waals surface area (Å²) in [5.74, 6) is -0.418. The molecule has 0 saturated heterocycles. The standard InChI is InChI=1S/C23H17BrCl2N2O4/c1-14-5-2-3-6-17(14)23(30)32-19-10-9-16(24)11-15(19)12-27-28-21(29)13-31-20-8-4-7-18(25)22(20)26/h2-12H,13H2,1H3,(H,28,29)/b27-12+. The zero-order valence-electron chi connectivity index (χ0n) is 16.8. The van der Waals surface area contributed by atoms with E-state index in [1.165, 1.54) is 6.21 Å². The van der Waals surface area contributed by atoms with Crippen LogP contribution in [-0.2, 0) is 4.79 Å². The SMILES string of the molecule is Cc1ccccc1C(=O)Oc1ccc(Br)cc1/C=N/NC(=O)COc1cccc(Cl)c1Cl. The molecule has 0 radical (unpaired) electrons. The van der Waals surface area contributed by atoms with Crippen molar-refractivity contribution in [3.8, 4) is 11.5 Å². The van der Waals surface area contributed by atoms with E-state index in [-0.39, 0.29) is 17.4 Å². The highest BCUT2D eigenvalue weighted by molar-refractivity contribution is 9.10. The number of ether oxygens (including phenoxy) is 2. The quantitative estimate of drug-likeness (QED) is 0.179. The number of esters is 1. The number of carbonyl (C=O) groups excluding carboxylic acids is 2.